The lowest BCUT2D eigenvalue weighted by Crippen LogP contribution is -1.89. The Kier molecular flexibility index (Phi) is 2.52. The third-order valence-corrected chi connectivity index (χ3v) is 3.12. The van der Waals surface area contributed by atoms with Crippen molar-refractivity contribution in [3.05, 3.63) is 54.6 Å². The molecule has 18 heavy (non-hydrogen) atoms. The average molecular weight is 238 g/mol. The molecule has 0 saturated heterocycles. The monoisotopic (exact) mass is 238 g/mol. The van der Waals surface area contributed by atoms with E-state index in [1.54, 1.807) is 7.11 Å². The summed E-state index contributed by atoms with van der Waals surface area (Å²) in [4.78, 5) is 4.30. The summed E-state index contributed by atoms with van der Waals surface area (Å²) in [6, 6.07) is 12.2. The number of aromatic nitrogens is 2. The molecule has 0 aliphatic carbocycles. The molecule has 3 heteroatoms. The Morgan fingerprint density at radius 3 is 2.83 bits per heavy atom. The Morgan fingerprint density at radius 1 is 1.11 bits per heavy atom. The van der Waals surface area contributed by atoms with Crippen LogP contribution >= 0.6 is 0 Å². The lowest BCUT2D eigenvalue weighted by atomic mass is 10.1. The first-order valence-electron chi connectivity index (χ1n) is 5.86. The first kappa shape index (κ1) is 10.8. The molecule has 3 nitrogen and oxygen atoms in total. The van der Waals surface area contributed by atoms with Gasteiger partial charge in [0.1, 0.15) is 11.6 Å². The second-order valence-electron chi connectivity index (χ2n) is 4.25. The highest BCUT2D eigenvalue weighted by Crippen LogP contribution is 2.24. The normalized spacial score (nSPS) is 10.8. The predicted molar refractivity (Wildman–Crippen MR) is 71.9 cm³/mol. The van der Waals surface area contributed by atoms with Gasteiger partial charge in [-0.05, 0) is 36.2 Å². The number of hydrogen-bond donors (Lipinski definition) is 0. The number of rotatable bonds is 2. The Bertz CT molecular complexity index is 701. The van der Waals surface area contributed by atoms with Gasteiger partial charge in [-0.25, -0.2) is 4.98 Å². The number of hydrogen-bond acceptors (Lipinski definition) is 2. The van der Waals surface area contributed by atoms with Crippen molar-refractivity contribution in [2.45, 2.75) is 6.92 Å². The van der Waals surface area contributed by atoms with Gasteiger partial charge in [0.05, 0.1) is 18.8 Å². The van der Waals surface area contributed by atoms with Gasteiger partial charge >= 0.3 is 0 Å². The van der Waals surface area contributed by atoms with Crippen molar-refractivity contribution in [1.29, 1.82) is 0 Å². The molecule has 0 spiro atoms. The molecular weight excluding hydrogens is 224 g/mol. The van der Waals surface area contributed by atoms with E-state index < -0.39 is 0 Å². The summed E-state index contributed by atoms with van der Waals surface area (Å²) < 4.78 is 7.35. The lowest BCUT2D eigenvalue weighted by Gasteiger charge is -2.06. The van der Waals surface area contributed by atoms with Crippen molar-refractivity contribution < 1.29 is 4.74 Å². The van der Waals surface area contributed by atoms with Crippen LogP contribution in [-0.2, 0) is 0 Å². The molecule has 3 aromatic rings. The van der Waals surface area contributed by atoms with Crippen LogP contribution in [0.15, 0.2) is 48.8 Å². The maximum absolute atomic E-state index is 5.25. The number of pyridine rings is 1. The summed E-state index contributed by atoms with van der Waals surface area (Å²) in [7, 11) is 1.68. The maximum atomic E-state index is 5.25. The van der Waals surface area contributed by atoms with Crippen LogP contribution in [0.2, 0.25) is 0 Å². The number of ether oxygens (including phenoxy) is 1. The molecule has 0 bridgehead atoms. The number of benzene rings is 1. The second-order valence-corrected chi connectivity index (χ2v) is 4.25. The molecule has 90 valence electrons. The van der Waals surface area contributed by atoms with Gasteiger partial charge in [-0.15, -0.1) is 0 Å². The molecule has 0 radical (unpaired) electrons. The number of nitrogens with zero attached hydrogens (tertiary/aromatic N) is 2. The van der Waals surface area contributed by atoms with Gasteiger partial charge in [0.15, 0.2) is 0 Å². The first-order chi connectivity index (χ1) is 8.78. The minimum absolute atomic E-state index is 0.870. The van der Waals surface area contributed by atoms with Crippen LogP contribution in [0.5, 0.6) is 5.75 Å². The van der Waals surface area contributed by atoms with Crippen LogP contribution in [0.25, 0.3) is 16.6 Å². The van der Waals surface area contributed by atoms with Crippen LogP contribution in [-0.4, -0.2) is 16.5 Å². The van der Waals surface area contributed by atoms with Crippen LogP contribution in [0.4, 0.5) is 0 Å². The summed E-state index contributed by atoms with van der Waals surface area (Å²) in [6.45, 7) is 2.00. The molecule has 2 aromatic heterocycles. The fourth-order valence-corrected chi connectivity index (χ4v) is 2.09. The van der Waals surface area contributed by atoms with Gasteiger partial charge in [0, 0.05) is 6.20 Å². The highest BCUT2D eigenvalue weighted by atomic mass is 16.5. The molecule has 0 N–H and O–H groups in total. The standard InChI is InChI=1S/C15H14N2O/c1-11-16-9-14-7-6-13(10-17(11)14)12-4-3-5-15(8-12)18-2/h3-10H,1-2H3. The molecule has 0 atom stereocenters. The highest BCUT2D eigenvalue weighted by Gasteiger charge is 2.03. The van der Waals surface area contributed by atoms with Crippen LogP contribution in [0.1, 0.15) is 5.82 Å². The highest BCUT2D eigenvalue weighted by molar-refractivity contribution is 5.66. The third-order valence-electron chi connectivity index (χ3n) is 3.12. The van der Waals surface area contributed by atoms with E-state index in [-0.39, 0.29) is 0 Å². The molecule has 0 amide bonds. The van der Waals surface area contributed by atoms with Crippen LogP contribution < -0.4 is 4.74 Å². The van der Waals surface area contributed by atoms with E-state index in [2.05, 4.69) is 33.8 Å². The van der Waals surface area contributed by atoms with Crippen molar-refractivity contribution in [1.82, 2.24) is 9.38 Å². The largest absolute Gasteiger partial charge is 0.497 e. The summed E-state index contributed by atoms with van der Waals surface area (Å²) in [6.07, 6.45) is 3.98. The fourth-order valence-electron chi connectivity index (χ4n) is 2.09. The van der Waals surface area contributed by atoms with Gasteiger partial charge < -0.3 is 9.14 Å². The Balaban J connectivity index is 2.15. The minimum atomic E-state index is 0.870. The average Bonchev–Trinajstić information content (AvgIpc) is 2.80. The van der Waals surface area contributed by atoms with E-state index in [1.165, 1.54) is 0 Å². The molecule has 0 fully saturated rings. The number of aryl methyl sites for hydroxylation is 1. The van der Waals surface area contributed by atoms with Gasteiger partial charge in [0.25, 0.3) is 0 Å². The summed E-state index contributed by atoms with van der Waals surface area (Å²) in [5, 5.41) is 0. The van der Waals surface area contributed by atoms with Crippen LogP contribution in [0, 0.1) is 6.92 Å². The van der Waals surface area contributed by atoms with E-state index in [0.717, 1.165) is 28.2 Å². The second kappa shape index (κ2) is 4.18. The number of imidazole rings is 1. The van der Waals surface area contributed by atoms with Crippen molar-refractivity contribution in [3.63, 3.8) is 0 Å². The maximum Gasteiger partial charge on any atom is 0.119 e. The quantitative estimate of drug-likeness (QED) is 0.684. The molecular formula is C15H14N2O. The molecule has 0 unspecified atom stereocenters. The number of fused-ring (bicyclic) bond motifs is 1. The van der Waals surface area contributed by atoms with E-state index in [1.807, 2.05) is 31.3 Å². The van der Waals surface area contributed by atoms with E-state index in [4.69, 9.17) is 4.74 Å². The SMILES string of the molecule is COc1cccc(-c2ccc3cnc(C)n3c2)c1. The smallest absolute Gasteiger partial charge is 0.119 e. The molecule has 1 aromatic carbocycles. The molecule has 0 aliphatic rings. The molecule has 3 rings (SSSR count). The summed E-state index contributed by atoms with van der Waals surface area (Å²) in [5.41, 5.74) is 3.41. The van der Waals surface area contributed by atoms with Gasteiger partial charge in [-0.1, -0.05) is 18.2 Å². The summed E-state index contributed by atoms with van der Waals surface area (Å²) in [5.74, 6) is 1.87. The van der Waals surface area contributed by atoms with Gasteiger partial charge in [-0.2, -0.15) is 0 Å². The molecule has 2 heterocycles. The van der Waals surface area contributed by atoms with E-state index in [9.17, 15) is 0 Å². The van der Waals surface area contributed by atoms with Crippen LogP contribution in [0.3, 0.4) is 0 Å². The van der Waals surface area contributed by atoms with Crippen molar-refractivity contribution in [3.8, 4) is 16.9 Å². The molecule has 0 aliphatic heterocycles. The van der Waals surface area contributed by atoms with Crippen molar-refractivity contribution in [2.75, 3.05) is 7.11 Å². The molecule has 0 saturated carbocycles. The Labute approximate surface area is 106 Å². The zero-order chi connectivity index (χ0) is 12.5. The Hall–Kier alpha value is -2.29. The van der Waals surface area contributed by atoms with Gasteiger partial charge in [0.2, 0.25) is 0 Å². The Morgan fingerprint density at radius 2 is 2.00 bits per heavy atom. The first-order valence-corrected chi connectivity index (χ1v) is 5.86. The zero-order valence-electron chi connectivity index (χ0n) is 10.4. The predicted octanol–water partition coefficient (Wildman–Crippen LogP) is 3.32. The van der Waals surface area contributed by atoms with Crippen molar-refractivity contribution >= 4 is 5.52 Å². The minimum Gasteiger partial charge on any atom is -0.497 e. The number of methoxy groups -OCH3 is 1. The zero-order valence-corrected chi connectivity index (χ0v) is 10.4. The van der Waals surface area contributed by atoms with E-state index in [0.29, 0.717) is 0 Å². The van der Waals surface area contributed by atoms with Gasteiger partial charge in [-0.3, -0.25) is 0 Å². The third kappa shape index (κ3) is 1.74. The fraction of sp³-hybridized carbons (Fsp3) is 0.133. The lowest BCUT2D eigenvalue weighted by molar-refractivity contribution is 0.415. The van der Waals surface area contributed by atoms with E-state index >= 15 is 0 Å². The van der Waals surface area contributed by atoms with Crippen molar-refractivity contribution in [2.24, 2.45) is 0 Å². The summed E-state index contributed by atoms with van der Waals surface area (Å²) >= 11 is 0. The topological polar surface area (TPSA) is 26.5 Å².